The van der Waals surface area contributed by atoms with Crippen LogP contribution in [0.15, 0.2) is 42.5 Å². The Morgan fingerprint density at radius 2 is 1.83 bits per heavy atom. The zero-order valence-corrected chi connectivity index (χ0v) is 17.7. The first-order valence-electron chi connectivity index (χ1n) is 9.87. The predicted molar refractivity (Wildman–Crippen MR) is 114 cm³/mol. The highest BCUT2D eigenvalue weighted by Crippen LogP contribution is 2.34. The van der Waals surface area contributed by atoms with Crippen molar-refractivity contribution in [2.24, 2.45) is 5.92 Å². The average molecular weight is 435 g/mol. The molecule has 5 nitrogen and oxygen atoms in total. The van der Waals surface area contributed by atoms with Gasteiger partial charge in [0.05, 0.1) is 16.1 Å². The lowest BCUT2D eigenvalue weighted by Crippen LogP contribution is -2.53. The Morgan fingerprint density at radius 3 is 2.52 bits per heavy atom. The second kappa shape index (κ2) is 8.82. The molecule has 1 N–H and O–H groups in total. The number of halogens is 2. The van der Waals surface area contributed by atoms with Gasteiger partial charge in [0.15, 0.2) is 11.5 Å². The van der Waals surface area contributed by atoms with E-state index in [-0.39, 0.29) is 18.1 Å². The smallest absolute Gasteiger partial charge is 0.253 e. The van der Waals surface area contributed by atoms with Crippen LogP contribution in [0.5, 0.6) is 11.5 Å². The molecule has 0 saturated carbocycles. The standard InChI is InChI=1S/C22H24Cl2N2O3/c1-25-21(20-13-28-18-4-2-3-5-19(18)29-20)14-8-10-26(11-9-14)22(27)15-6-7-16(23)17(24)12-15/h2-7,12,14,20-21,25H,8-11,13H2,1H3. The Labute approximate surface area is 180 Å². The zero-order chi connectivity index (χ0) is 20.4. The molecule has 29 heavy (non-hydrogen) atoms. The number of carbonyl (C=O) groups is 1. The van der Waals surface area contributed by atoms with E-state index in [2.05, 4.69) is 5.32 Å². The first kappa shape index (κ1) is 20.3. The van der Waals surface area contributed by atoms with E-state index >= 15 is 0 Å². The molecule has 1 saturated heterocycles. The molecule has 4 rings (SSSR count). The maximum absolute atomic E-state index is 12.8. The largest absolute Gasteiger partial charge is 0.486 e. The minimum absolute atomic E-state index is 0.00537. The van der Waals surface area contributed by atoms with Crippen molar-refractivity contribution in [2.45, 2.75) is 25.0 Å². The van der Waals surface area contributed by atoms with Crippen molar-refractivity contribution in [3.63, 3.8) is 0 Å². The van der Waals surface area contributed by atoms with Gasteiger partial charge in [-0.3, -0.25) is 4.79 Å². The molecule has 1 fully saturated rings. The summed E-state index contributed by atoms with van der Waals surface area (Å²) < 4.78 is 12.1. The van der Waals surface area contributed by atoms with Gasteiger partial charge in [0.2, 0.25) is 0 Å². The fraction of sp³-hybridized carbons (Fsp3) is 0.409. The highest BCUT2D eigenvalue weighted by molar-refractivity contribution is 6.42. The molecule has 7 heteroatoms. The van der Waals surface area contributed by atoms with E-state index in [0.29, 0.717) is 41.2 Å². The summed E-state index contributed by atoms with van der Waals surface area (Å²) in [5.41, 5.74) is 0.573. The third-order valence-electron chi connectivity index (χ3n) is 5.77. The predicted octanol–water partition coefficient (Wildman–Crippen LogP) is 4.27. The number of nitrogens with one attached hydrogen (secondary N) is 1. The van der Waals surface area contributed by atoms with Crippen LogP contribution in [0.25, 0.3) is 0 Å². The van der Waals surface area contributed by atoms with Gasteiger partial charge in [-0.05, 0) is 56.1 Å². The summed E-state index contributed by atoms with van der Waals surface area (Å²) in [5, 5.41) is 4.28. The highest BCUT2D eigenvalue weighted by Gasteiger charge is 2.36. The van der Waals surface area contributed by atoms with Crippen molar-refractivity contribution in [3.8, 4) is 11.5 Å². The quantitative estimate of drug-likeness (QED) is 0.780. The van der Waals surface area contributed by atoms with Crippen molar-refractivity contribution in [3.05, 3.63) is 58.1 Å². The fourth-order valence-corrected chi connectivity index (χ4v) is 4.51. The maximum atomic E-state index is 12.8. The average Bonchev–Trinajstić information content (AvgIpc) is 2.76. The van der Waals surface area contributed by atoms with Crippen LogP contribution in [0.3, 0.4) is 0 Å². The number of piperidine rings is 1. The number of para-hydroxylation sites is 2. The molecule has 154 valence electrons. The minimum Gasteiger partial charge on any atom is -0.486 e. The van der Waals surface area contributed by atoms with Crippen LogP contribution >= 0.6 is 23.2 Å². The number of likely N-dealkylation sites (tertiary alicyclic amines) is 1. The Morgan fingerprint density at radius 1 is 1.10 bits per heavy atom. The third kappa shape index (κ3) is 4.32. The van der Waals surface area contributed by atoms with E-state index in [0.717, 1.165) is 24.3 Å². The summed E-state index contributed by atoms with van der Waals surface area (Å²) in [5.74, 6) is 1.97. The monoisotopic (exact) mass is 434 g/mol. The summed E-state index contributed by atoms with van der Waals surface area (Å²) in [6, 6.07) is 12.9. The number of carbonyl (C=O) groups excluding carboxylic acids is 1. The van der Waals surface area contributed by atoms with Crippen molar-refractivity contribution in [1.82, 2.24) is 10.2 Å². The van der Waals surface area contributed by atoms with Gasteiger partial charge in [-0.1, -0.05) is 35.3 Å². The molecular weight excluding hydrogens is 411 g/mol. The van der Waals surface area contributed by atoms with Crippen molar-refractivity contribution in [2.75, 3.05) is 26.7 Å². The number of nitrogens with zero attached hydrogens (tertiary/aromatic N) is 1. The number of fused-ring (bicyclic) bond motifs is 1. The molecule has 2 aromatic rings. The maximum Gasteiger partial charge on any atom is 0.253 e. The number of amides is 1. The summed E-state index contributed by atoms with van der Waals surface area (Å²) in [7, 11) is 1.96. The van der Waals surface area contributed by atoms with Gasteiger partial charge in [-0.25, -0.2) is 0 Å². The molecule has 2 unspecified atom stereocenters. The van der Waals surface area contributed by atoms with E-state index in [1.807, 2.05) is 36.2 Å². The molecule has 2 heterocycles. The second-order valence-corrected chi connectivity index (χ2v) is 8.30. The first-order chi connectivity index (χ1) is 14.1. The lowest BCUT2D eigenvalue weighted by molar-refractivity contribution is 0.0301. The van der Waals surface area contributed by atoms with Crippen molar-refractivity contribution >= 4 is 29.1 Å². The minimum atomic E-state index is -0.0581. The van der Waals surface area contributed by atoms with Gasteiger partial charge >= 0.3 is 0 Å². The molecule has 2 atom stereocenters. The topological polar surface area (TPSA) is 50.8 Å². The summed E-state index contributed by atoms with van der Waals surface area (Å²) in [4.78, 5) is 14.7. The van der Waals surface area contributed by atoms with Gasteiger partial charge < -0.3 is 19.7 Å². The molecule has 0 radical (unpaired) electrons. The van der Waals surface area contributed by atoms with Gasteiger partial charge in [-0.2, -0.15) is 0 Å². The summed E-state index contributed by atoms with van der Waals surface area (Å²) in [6.07, 6.45) is 1.75. The first-order valence-corrected chi connectivity index (χ1v) is 10.6. The van der Waals surface area contributed by atoms with Crippen molar-refractivity contribution in [1.29, 1.82) is 0 Å². The number of rotatable bonds is 4. The number of ether oxygens (including phenoxy) is 2. The lowest BCUT2D eigenvalue weighted by atomic mass is 9.86. The third-order valence-corrected chi connectivity index (χ3v) is 6.50. The summed E-state index contributed by atoms with van der Waals surface area (Å²) >= 11 is 12.0. The van der Waals surface area contributed by atoms with E-state index in [1.54, 1.807) is 18.2 Å². The van der Waals surface area contributed by atoms with Gasteiger partial charge in [0.25, 0.3) is 5.91 Å². The van der Waals surface area contributed by atoms with Crippen LogP contribution in [-0.2, 0) is 0 Å². The Bertz CT molecular complexity index is 884. The molecular formula is C22H24Cl2N2O3. The van der Waals surface area contributed by atoms with E-state index in [1.165, 1.54) is 0 Å². The number of benzene rings is 2. The van der Waals surface area contributed by atoms with Gasteiger partial charge in [0, 0.05) is 18.7 Å². The molecule has 2 aromatic carbocycles. The molecule has 0 spiro atoms. The van der Waals surface area contributed by atoms with Crippen LogP contribution in [0.2, 0.25) is 10.0 Å². The molecule has 1 amide bonds. The van der Waals surface area contributed by atoms with Crippen molar-refractivity contribution < 1.29 is 14.3 Å². The Hall–Kier alpha value is -1.95. The van der Waals surface area contributed by atoms with Crippen LogP contribution in [0.1, 0.15) is 23.2 Å². The lowest BCUT2D eigenvalue weighted by Gasteiger charge is -2.40. The second-order valence-electron chi connectivity index (χ2n) is 7.49. The van der Waals surface area contributed by atoms with Gasteiger partial charge in [0.1, 0.15) is 12.7 Å². The van der Waals surface area contributed by atoms with Crippen LogP contribution in [0, 0.1) is 5.92 Å². The SMILES string of the molecule is CNC(C1CCN(C(=O)c2ccc(Cl)c(Cl)c2)CC1)C1COc2ccccc2O1. The van der Waals surface area contributed by atoms with Crippen LogP contribution < -0.4 is 14.8 Å². The molecule has 2 aliphatic rings. The Kier molecular flexibility index (Phi) is 6.18. The number of likely N-dealkylation sites (N-methyl/N-ethyl adjacent to an activating group) is 1. The zero-order valence-electron chi connectivity index (χ0n) is 16.2. The highest BCUT2D eigenvalue weighted by atomic mass is 35.5. The number of hydrogen-bond acceptors (Lipinski definition) is 4. The van der Waals surface area contributed by atoms with Gasteiger partial charge in [-0.15, -0.1) is 0 Å². The molecule has 0 aliphatic carbocycles. The fourth-order valence-electron chi connectivity index (χ4n) is 4.21. The van der Waals surface area contributed by atoms with Crippen LogP contribution in [-0.4, -0.2) is 49.7 Å². The number of hydrogen-bond donors (Lipinski definition) is 1. The Balaban J connectivity index is 1.38. The normalized spacial score (nSPS) is 20.4. The van der Waals surface area contributed by atoms with E-state index < -0.39 is 0 Å². The molecule has 0 aromatic heterocycles. The van der Waals surface area contributed by atoms with E-state index in [9.17, 15) is 4.79 Å². The van der Waals surface area contributed by atoms with E-state index in [4.69, 9.17) is 32.7 Å². The van der Waals surface area contributed by atoms with Crippen LogP contribution in [0.4, 0.5) is 0 Å². The summed E-state index contributed by atoms with van der Waals surface area (Å²) in [6.45, 7) is 1.92. The molecule has 0 bridgehead atoms. The molecule has 2 aliphatic heterocycles.